The molecule has 12 nitrogen and oxygen atoms in total. The second kappa shape index (κ2) is 15.4. The van der Waals surface area contributed by atoms with Gasteiger partial charge in [-0.05, 0) is 60.1 Å². The number of hydrogen-bond donors (Lipinski definition) is 0. The quantitative estimate of drug-likeness (QED) is 0.111. The fourth-order valence-corrected chi connectivity index (χ4v) is 5.95. The van der Waals surface area contributed by atoms with Crippen LogP contribution in [0.3, 0.4) is 0 Å². The van der Waals surface area contributed by atoms with Gasteiger partial charge in [0.2, 0.25) is 11.8 Å². The standard InChI is InChI=1S/2C20H16N2O4/c2*23-22(24)16-8-11-20(21-13-16)25-17-9-6-15-7-10-18(26-19(15)12-17)14-4-2-1-3-5-14/h2*1-6,8-9,11-13,18H,7,10H2. The van der Waals surface area contributed by atoms with Crippen molar-refractivity contribution in [2.45, 2.75) is 37.9 Å². The normalized spacial score (nSPS) is 15.6. The molecule has 2 aromatic heterocycles. The Balaban J connectivity index is 0.000000162. The Labute approximate surface area is 298 Å². The molecule has 12 heteroatoms. The van der Waals surface area contributed by atoms with Crippen LogP contribution in [0.5, 0.6) is 34.8 Å². The van der Waals surface area contributed by atoms with Crippen molar-refractivity contribution in [1.82, 2.24) is 9.97 Å². The third-order valence-corrected chi connectivity index (χ3v) is 8.62. The lowest BCUT2D eigenvalue weighted by atomic mass is 9.97. The molecule has 6 aromatic rings. The summed E-state index contributed by atoms with van der Waals surface area (Å²) in [6, 6.07) is 37.3. The molecule has 260 valence electrons. The van der Waals surface area contributed by atoms with Gasteiger partial charge in [0.05, 0.1) is 9.85 Å². The molecule has 0 amide bonds. The van der Waals surface area contributed by atoms with Gasteiger partial charge in [0.25, 0.3) is 11.4 Å². The van der Waals surface area contributed by atoms with Crippen molar-refractivity contribution in [3.05, 3.63) is 176 Å². The van der Waals surface area contributed by atoms with Gasteiger partial charge in [-0.25, -0.2) is 9.97 Å². The van der Waals surface area contributed by atoms with Crippen molar-refractivity contribution in [3.63, 3.8) is 0 Å². The molecule has 4 heterocycles. The van der Waals surface area contributed by atoms with E-state index in [2.05, 4.69) is 34.2 Å². The summed E-state index contributed by atoms with van der Waals surface area (Å²) in [5, 5.41) is 21.4. The van der Waals surface area contributed by atoms with Crippen LogP contribution >= 0.6 is 0 Å². The summed E-state index contributed by atoms with van der Waals surface area (Å²) < 4.78 is 23.7. The van der Waals surface area contributed by atoms with Gasteiger partial charge in [0.15, 0.2) is 0 Å². The monoisotopic (exact) mass is 696 g/mol. The Bertz CT molecular complexity index is 2010. The molecule has 2 aliphatic heterocycles. The third kappa shape index (κ3) is 8.13. The molecule has 0 saturated carbocycles. The maximum absolute atomic E-state index is 10.7. The zero-order valence-electron chi connectivity index (χ0n) is 27.7. The van der Waals surface area contributed by atoms with Gasteiger partial charge in [-0.1, -0.05) is 72.8 Å². The molecule has 0 N–H and O–H groups in total. The van der Waals surface area contributed by atoms with E-state index in [-0.39, 0.29) is 23.6 Å². The number of hydrogen-bond acceptors (Lipinski definition) is 10. The molecule has 2 unspecified atom stereocenters. The van der Waals surface area contributed by atoms with Gasteiger partial charge in [0.1, 0.15) is 47.6 Å². The number of nitrogens with zero attached hydrogens (tertiary/aromatic N) is 4. The van der Waals surface area contributed by atoms with Gasteiger partial charge in [-0.15, -0.1) is 0 Å². The first-order valence-corrected chi connectivity index (χ1v) is 16.6. The minimum atomic E-state index is -0.493. The molecular formula is C40H32N4O8. The predicted octanol–water partition coefficient (Wildman–Crippen LogP) is 9.70. The Morgan fingerprint density at radius 3 is 1.35 bits per heavy atom. The second-order valence-electron chi connectivity index (χ2n) is 12.1. The number of ether oxygens (including phenoxy) is 4. The van der Waals surface area contributed by atoms with E-state index in [1.165, 1.54) is 36.7 Å². The van der Waals surface area contributed by atoms with E-state index in [0.29, 0.717) is 23.3 Å². The fourth-order valence-electron chi connectivity index (χ4n) is 5.95. The molecule has 0 saturated heterocycles. The summed E-state index contributed by atoms with van der Waals surface area (Å²) in [6.07, 6.45) is 6.14. The molecular weight excluding hydrogens is 664 g/mol. The predicted molar refractivity (Wildman–Crippen MR) is 191 cm³/mol. The van der Waals surface area contributed by atoms with E-state index in [1.807, 2.05) is 72.8 Å². The summed E-state index contributed by atoms with van der Waals surface area (Å²) in [7, 11) is 0. The third-order valence-electron chi connectivity index (χ3n) is 8.62. The van der Waals surface area contributed by atoms with Gasteiger partial charge in [-0.3, -0.25) is 20.2 Å². The van der Waals surface area contributed by atoms with Crippen LogP contribution in [0.25, 0.3) is 0 Å². The highest BCUT2D eigenvalue weighted by molar-refractivity contribution is 5.45. The largest absolute Gasteiger partial charge is 0.485 e. The zero-order valence-corrected chi connectivity index (χ0v) is 27.7. The summed E-state index contributed by atoms with van der Waals surface area (Å²) in [5.41, 5.74) is 4.44. The maximum atomic E-state index is 10.7. The molecule has 4 aromatic carbocycles. The second-order valence-corrected chi connectivity index (χ2v) is 12.1. The lowest BCUT2D eigenvalue weighted by molar-refractivity contribution is -0.385. The highest BCUT2D eigenvalue weighted by Gasteiger charge is 2.23. The minimum absolute atomic E-state index is 0.0245. The molecule has 0 bridgehead atoms. The Hall–Kier alpha value is -6.82. The average Bonchev–Trinajstić information content (AvgIpc) is 3.19. The average molecular weight is 697 g/mol. The van der Waals surface area contributed by atoms with Gasteiger partial charge in [-0.2, -0.15) is 0 Å². The van der Waals surface area contributed by atoms with Crippen LogP contribution in [-0.2, 0) is 12.8 Å². The number of nitro groups is 2. The van der Waals surface area contributed by atoms with Crippen LogP contribution in [0.15, 0.2) is 134 Å². The van der Waals surface area contributed by atoms with Crippen molar-refractivity contribution in [2.24, 2.45) is 0 Å². The van der Waals surface area contributed by atoms with E-state index >= 15 is 0 Å². The molecule has 0 fully saturated rings. The summed E-state index contributed by atoms with van der Waals surface area (Å²) in [6.45, 7) is 0. The van der Waals surface area contributed by atoms with E-state index in [4.69, 9.17) is 18.9 Å². The van der Waals surface area contributed by atoms with Crippen LogP contribution < -0.4 is 18.9 Å². The van der Waals surface area contributed by atoms with Crippen molar-refractivity contribution in [1.29, 1.82) is 0 Å². The maximum Gasteiger partial charge on any atom is 0.287 e. The fraction of sp³-hybridized carbons (Fsp3) is 0.150. The number of rotatable bonds is 8. The molecule has 52 heavy (non-hydrogen) atoms. The summed E-state index contributed by atoms with van der Waals surface area (Å²) in [5.74, 6) is 3.35. The Morgan fingerprint density at radius 2 is 0.981 bits per heavy atom. The highest BCUT2D eigenvalue weighted by atomic mass is 16.6. The van der Waals surface area contributed by atoms with Crippen molar-refractivity contribution in [2.75, 3.05) is 0 Å². The number of aryl methyl sites for hydroxylation is 2. The van der Waals surface area contributed by atoms with Gasteiger partial charge >= 0.3 is 0 Å². The number of fused-ring (bicyclic) bond motifs is 2. The minimum Gasteiger partial charge on any atom is -0.485 e. The van der Waals surface area contributed by atoms with Crippen LogP contribution in [0.1, 0.15) is 47.3 Å². The first kappa shape index (κ1) is 33.7. The van der Waals surface area contributed by atoms with Crippen LogP contribution in [-0.4, -0.2) is 19.8 Å². The van der Waals surface area contributed by atoms with E-state index < -0.39 is 9.85 Å². The lowest BCUT2D eigenvalue weighted by Crippen LogP contribution is -2.15. The first-order valence-electron chi connectivity index (χ1n) is 16.6. The molecule has 0 spiro atoms. The molecule has 2 atom stereocenters. The zero-order chi connectivity index (χ0) is 35.9. The van der Waals surface area contributed by atoms with Gasteiger partial charge in [0, 0.05) is 36.4 Å². The summed E-state index contributed by atoms with van der Waals surface area (Å²) in [4.78, 5) is 28.3. The van der Waals surface area contributed by atoms with E-state index in [9.17, 15) is 20.2 Å². The lowest BCUT2D eigenvalue weighted by Gasteiger charge is -2.26. The van der Waals surface area contributed by atoms with E-state index in [1.54, 1.807) is 0 Å². The molecule has 0 aliphatic carbocycles. The Kier molecular flexibility index (Phi) is 9.96. The van der Waals surface area contributed by atoms with E-state index in [0.717, 1.165) is 59.4 Å². The van der Waals surface area contributed by atoms with Crippen molar-refractivity contribution >= 4 is 11.4 Å². The summed E-state index contributed by atoms with van der Waals surface area (Å²) >= 11 is 0. The molecule has 0 radical (unpaired) electrons. The van der Waals surface area contributed by atoms with Crippen LogP contribution in [0.2, 0.25) is 0 Å². The SMILES string of the molecule is O=[N+]([O-])c1ccc(Oc2ccc3c(c2)OC(c2ccccc2)CC3)nc1.O=[N+]([O-])c1ccc(Oc2ccc3c(c2)OC(c2ccccc2)CC3)nc1. The van der Waals surface area contributed by atoms with Gasteiger partial charge < -0.3 is 18.9 Å². The number of benzene rings is 4. The van der Waals surface area contributed by atoms with Crippen LogP contribution in [0.4, 0.5) is 11.4 Å². The number of pyridine rings is 2. The first-order chi connectivity index (χ1) is 25.4. The highest BCUT2D eigenvalue weighted by Crippen LogP contribution is 2.39. The van der Waals surface area contributed by atoms with Crippen molar-refractivity contribution < 1.29 is 28.8 Å². The molecule has 2 aliphatic rings. The van der Waals surface area contributed by atoms with Crippen molar-refractivity contribution in [3.8, 4) is 34.8 Å². The Morgan fingerprint density at radius 1 is 0.558 bits per heavy atom. The number of aromatic nitrogens is 2. The smallest absolute Gasteiger partial charge is 0.287 e. The molecule has 8 rings (SSSR count). The topological polar surface area (TPSA) is 149 Å². The van der Waals surface area contributed by atoms with Crippen LogP contribution in [0, 0.1) is 20.2 Å².